The Kier molecular flexibility index (Phi) is 9.11. The lowest BCUT2D eigenvalue weighted by atomic mass is 10.1. The zero-order chi connectivity index (χ0) is 23.5. The van der Waals surface area contributed by atoms with E-state index in [1.165, 1.54) is 10.5 Å². The smallest absolute Gasteiger partial charge is 0.308 e. The second-order valence-corrected chi connectivity index (χ2v) is 7.78. The molecule has 2 N–H and O–H groups in total. The summed E-state index contributed by atoms with van der Waals surface area (Å²) in [6.07, 6.45) is 1.38. The summed E-state index contributed by atoms with van der Waals surface area (Å²) in [5.41, 5.74) is 1.98. The predicted molar refractivity (Wildman–Crippen MR) is 125 cm³/mol. The van der Waals surface area contributed by atoms with Crippen molar-refractivity contribution in [2.24, 2.45) is 0 Å². The molecule has 1 aliphatic rings. The second-order valence-electron chi connectivity index (χ2n) is 7.78. The van der Waals surface area contributed by atoms with Gasteiger partial charge in [0.1, 0.15) is 11.8 Å². The summed E-state index contributed by atoms with van der Waals surface area (Å²) >= 11 is 0. The van der Waals surface area contributed by atoms with Crippen molar-refractivity contribution in [3.63, 3.8) is 0 Å². The van der Waals surface area contributed by atoms with Gasteiger partial charge in [0.15, 0.2) is 0 Å². The van der Waals surface area contributed by atoms with Crippen molar-refractivity contribution in [1.82, 2.24) is 10.2 Å². The Bertz CT molecular complexity index is 917. The number of hydrogen-bond donors (Lipinski definition) is 2. The van der Waals surface area contributed by atoms with Gasteiger partial charge in [-0.3, -0.25) is 14.4 Å². The SMILES string of the molecule is CCCOC(=O)CC1C(=O)NCCN1C(=O)CNc1ccc(OCCc2ccccc2)cc1. The highest BCUT2D eigenvalue weighted by atomic mass is 16.5. The summed E-state index contributed by atoms with van der Waals surface area (Å²) < 4.78 is 10.9. The fraction of sp³-hybridized carbons (Fsp3) is 0.400. The molecular formula is C25H31N3O5. The average molecular weight is 454 g/mol. The number of carbonyl (C=O) groups is 3. The molecule has 1 aliphatic heterocycles. The molecule has 0 saturated carbocycles. The minimum absolute atomic E-state index is 0.0159. The third-order valence-corrected chi connectivity index (χ3v) is 5.28. The molecule has 0 radical (unpaired) electrons. The van der Waals surface area contributed by atoms with Crippen LogP contribution in [-0.2, 0) is 25.5 Å². The molecule has 3 rings (SSSR count). The molecule has 2 amide bonds. The van der Waals surface area contributed by atoms with Crippen molar-refractivity contribution in [3.05, 3.63) is 60.2 Å². The first kappa shape index (κ1) is 24.1. The Labute approximate surface area is 194 Å². The van der Waals surface area contributed by atoms with Gasteiger partial charge in [-0.15, -0.1) is 0 Å². The molecule has 8 heteroatoms. The first-order valence-corrected chi connectivity index (χ1v) is 11.3. The number of amides is 2. The number of anilines is 1. The third kappa shape index (κ3) is 7.52. The van der Waals surface area contributed by atoms with Gasteiger partial charge in [0, 0.05) is 25.2 Å². The maximum Gasteiger partial charge on any atom is 0.308 e. The maximum atomic E-state index is 12.8. The molecule has 0 bridgehead atoms. The zero-order valence-electron chi connectivity index (χ0n) is 18.9. The molecule has 176 valence electrons. The van der Waals surface area contributed by atoms with E-state index in [2.05, 4.69) is 22.8 Å². The van der Waals surface area contributed by atoms with Crippen LogP contribution < -0.4 is 15.4 Å². The monoisotopic (exact) mass is 453 g/mol. The molecular weight excluding hydrogens is 422 g/mol. The van der Waals surface area contributed by atoms with Crippen molar-refractivity contribution >= 4 is 23.5 Å². The number of carbonyl (C=O) groups excluding carboxylic acids is 3. The highest BCUT2D eigenvalue weighted by Gasteiger charge is 2.34. The van der Waals surface area contributed by atoms with Gasteiger partial charge >= 0.3 is 5.97 Å². The van der Waals surface area contributed by atoms with Gasteiger partial charge in [0.25, 0.3) is 0 Å². The van der Waals surface area contributed by atoms with Crippen LogP contribution in [-0.4, -0.2) is 61.6 Å². The van der Waals surface area contributed by atoms with Crippen molar-refractivity contribution in [3.8, 4) is 5.75 Å². The molecule has 0 spiro atoms. The number of ether oxygens (including phenoxy) is 2. The van der Waals surface area contributed by atoms with Gasteiger partial charge in [-0.05, 0) is 36.2 Å². The summed E-state index contributed by atoms with van der Waals surface area (Å²) in [4.78, 5) is 38.5. The van der Waals surface area contributed by atoms with Crippen molar-refractivity contribution in [2.45, 2.75) is 32.2 Å². The Balaban J connectivity index is 1.47. The number of piperazine rings is 1. The third-order valence-electron chi connectivity index (χ3n) is 5.28. The van der Waals surface area contributed by atoms with E-state index in [1.54, 1.807) is 0 Å². The Hall–Kier alpha value is -3.55. The number of esters is 1. The first-order valence-electron chi connectivity index (χ1n) is 11.3. The van der Waals surface area contributed by atoms with E-state index in [9.17, 15) is 14.4 Å². The average Bonchev–Trinajstić information content (AvgIpc) is 2.84. The summed E-state index contributed by atoms with van der Waals surface area (Å²) in [5.74, 6) is -0.310. The van der Waals surface area contributed by atoms with Crippen LogP contribution in [0.25, 0.3) is 0 Å². The Morgan fingerprint density at radius 2 is 1.85 bits per heavy atom. The molecule has 0 aromatic heterocycles. The molecule has 2 aromatic carbocycles. The van der Waals surface area contributed by atoms with Crippen LogP contribution in [0.1, 0.15) is 25.3 Å². The van der Waals surface area contributed by atoms with E-state index in [-0.39, 0.29) is 24.8 Å². The van der Waals surface area contributed by atoms with E-state index >= 15 is 0 Å². The van der Waals surface area contributed by atoms with Crippen LogP contribution in [0.5, 0.6) is 5.75 Å². The van der Waals surface area contributed by atoms with Crippen LogP contribution in [0.15, 0.2) is 54.6 Å². The zero-order valence-corrected chi connectivity index (χ0v) is 18.9. The van der Waals surface area contributed by atoms with Crippen LogP contribution >= 0.6 is 0 Å². The minimum Gasteiger partial charge on any atom is -0.493 e. The van der Waals surface area contributed by atoms with E-state index in [4.69, 9.17) is 9.47 Å². The van der Waals surface area contributed by atoms with Crippen LogP contribution in [0.4, 0.5) is 5.69 Å². The highest BCUT2D eigenvalue weighted by molar-refractivity contribution is 5.93. The number of nitrogens with zero attached hydrogens (tertiary/aromatic N) is 1. The standard InChI is InChI=1S/C25H31N3O5/c1-2-15-33-24(30)17-22-25(31)26-13-14-28(22)23(29)18-27-20-8-10-21(11-9-20)32-16-12-19-6-4-3-5-7-19/h3-11,22,27H,2,12-18H2,1H3,(H,26,31). The second kappa shape index (κ2) is 12.5. The van der Waals surface area contributed by atoms with Crippen molar-refractivity contribution in [1.29, 1.82) is 0 Å². The Morgan fingerprint density at radius 1 is 1.09 bits per heavy atom. The number of rotatable bonds is 11. The van der Waals surface area contributed by atoms with Crippen molar-refractivity contribution in [2.75, 3.05) is 38.2 Å². The molecule has 0 aliphatic carbocycles. The van der Waals surface area contributed by atoms with Gasteiger partial charge in [-0.2, -0.15) is 0 Å². The van der Waals surface area contributed by atoms with E-state index in [0.29, 0.717) is 32.7 Å². The van der Waals surface area contributed by atoms with Gasteiger partial charge in [0.2, 0.25) is 11.8 Å². The van der Waals surface area contributed by atoms with E-state index < -0.39 is 12.0 Å². The summed E-state index contributed by atoms with van der Waals surface area (Å²) in [5, 5.41) is 5.79. The normalized spacial score (nSPS) is 15.5. The molecule has 1 unspecified atom stereocenters. The molecule has 1 atom stereocenters. The number of hydrogen-bond acceptors (Lipinski definition) is 6. The van der Waals surface area contributed by atoms with Gasteiger partial charge < -0.3 is 25.0 Å². The lowest BCUT2D eigenvalue weighted by Gasteiger charge is -2.34. The summed E-state index contributed by atoms with van der Waals surface area (Å²) in [6, 6.07) is 16.7. The number of nitrogens with one attached hydrogen (secondary N) is 2. The van der Waals surface area contributed by atoms with Gasteiger partial charge in [-0.1, -0.05) is 37.3 Å². The minimum atomic E-state index is -0.849. The molecule has 1 heterocycles. The molecule has 2 aromatic rings. The van der Waals surface area contributed by atoms with Crippen LogP contribution in [0.3, 0.4) is 0 Å². The highest BCUT2D eigenvalue weighted by Crippen LogP contribution is 2.17. The largest absolute Gasteiger partial charge is 0.493 e. The molecule has 1 fully saturated rings. The summed E-state index contributed by atoms with van der Waals surface area (Å²) in [6.45, 7) is 3.50. The van der Waals surface area contributed by atoms with E-state index in [1.807, 2.05) is 49.4 Å². The fourth-order valence-electron chi connectivity index (χ4n) is 3.53. The van der Waals surface area contributed by atoms with Gasteiger partial charge in [-0.25, -0.2) is 0 Å². The summed E-state index contributed by atoms with van der Waals surface area (Å²) in [7, 11) is 0. The lowest BCUT2D eigenvalue weighted by Crippen LogP contribution is -2.58. The Morgan fingerprint density at radius 3 is 2.58 bits per heavy atom. The first-order chi connectivity index (χ1) is 16.1. The molecule has 33 heavy (non-hydrogen) atoms. The van der Waals surface area contributed by atoms with Crippen molar-refractivity contribution < 1.29 is 23.9 Å². The molecule has 8 nitrogen and oxygen atoms in total. The van der Waals surface area contributed by atoms with E-state index in [0.717, 1.165) is 17.9 Å². The predicted octanol–water partition coefficient (Wildman–Crippen LogP) is 2.39. The van der Waals surface area contributed by atoms with Gasteiger partial charge in [0.05, 0.1) is 26.2 Å². The topological polar surface area (TPSA) is 97.0 Å². The van der Waals surface area contributed by atoms with Crippen LogP contribution in [0, 0.1) is 0 Å². The quantitative estimate of drug-likeness (QED) is 0.507. The lowest BCUT2D eigenvalue weighted by molar-refractivity contribution is -0.151. The maximum absolute atomic E-state index is 12.8. The molecule has 1 saturated heterocycles. The number of benzene rings is 2. The fourth-order valence-corrected chi connectivity index (χ4v) is 3.53. The van der Waals surface area contributed by atoms with Crippen LogP contribution in [0.2, 0.25) is 0 Å².